The summed E-state index contributed by atoms with van der Waals surface area (Å²) in [7, 11) is 0. The van der Waals surface area contributed by atoms with Gasteiger partial charge in [0.2, 0.25) is 0 Å². The number of pyridine rings is 2. The molecule has 1 aliphatic heterocycles. The zero-order valence-electron chi connectivity index (χ0n) is 19.7. The molecule has 36 heavy (non-hydrogen) atoms. The first-order valence-corrected chi connectivity index (χ1v) is 11.3. The van der Waals surface area contributed by atoms with Crippen LogP contribution in [-0.4, -0.2) is 51.1 Å². The molecule has 3 aromatic heterocycles. The van der Waals surface area contributed by atoms with E-state index in [2.05, 4.69) is 16.2 Å². The molecule has 1 saturated heterocycles. The Morgan fingerprint density at radius 3 is 2.58 bits per heavy atom. The lowest BCUT2D eigenvalue weighted by molar-refractivity contribution is 0.0283. The van der Waals surface area contributed by atoms with Crippen LogP contribution >= 0.6 is 0 Å². The fraction of sp³-hybridized carbons (Fsp3) is 0.269. The molecule has 4 aromatic rings. The van der Waals surface area contributed by atoms with Crippen molar-refractivity contribution in [2.75, 3.05) is 24.6 Å². The van der Waals surface area contributed by atoms with Gasteiger partial charge in [0, 0.05) is 23.4 Å². The fourth-order valence-electron chi connectivity index (χ4n) is 3.91. The lowest BCUT2D eigenvalue weighted by Gasteiger charge is -2.39. The zero-order valence-corrected chi connectivity index (χ0v) is 19.7. The van der Waals surface area contributed by atoms with E-state index in [1.54, 1.807) is 36.8 Å². The van der Waals surface area contributed by atoms with Crippen LogP contribution in [0.1, 0.15) is 19.4 Å². The summed E-state index contributed by atoms with van der Waals surface area (Å²) in [6, 6.07) is 11.2. The predicted molar refractivity (Wildman–Crippen MR) is 128 cm³/mol. The van der Waals surface area contributed by atoms with E-state index in [-0.39, 0.29) is 18.5 Å². The van der Waals surface area contributed by atoms with Crippen LogP contribution in [0.25, 0.3) is 16.6 Å². The number of benzene rings is 1. The molecule has 0 radical (unpaired) electrons. The molecule has 4 heterocycles. The summed E-state index contributed by atoms with van der Waals surface area (Å²) in [4.78, 5) is 6.58. The second-order valence-corrected chi connectivity index (χ2v) is 9.28. The van der Waals surface area contributed by atoms with E-state index < -0.39 is 17.2 Å². The number of anilines is 1. The second-order valence-electron chi connectivity index (χ2n) is 9.28. The standard InChI is InChI=1S/C26H23F2N5O3/c1-26(2,34)15-35-19-7-21(25-17(9-29)11-31-33(25)14-19)16-3-6-24(30-10-16)32-12-20(13-32)36-18-4-5-22(27)23(28)8-18/h3-8,10-11,14,20,34H,12-13,15H2,1-2H3. The summed E-state index contributed by atoms with van der Waals surface area (Å²) in [5.74, 6) is -0.333. The first-order valence-electron chi connectivity index (χ1n) is 11.3. The third kappa shape index (κ3) is 4.78. The molecule has 1 aliphatic rings. The van der Waals surface area contributed by atoms with Crippen molar-refractivity contribution in [1.29, 1.82) is 5.26 Å². The number of rotatable bonds is 7. The predicted octanol–water partition coefficient (Wildman–Crippen LogP) is 3.96. The molecule has 0 saturated carbocycles. The molecule has 0 aliphatic carbocycles. The first kappa shape index (κ1) is 23.5. The molecule has 0 spiro atoms. The molecule has 1 fully saturated rings. The Kier molecular flexibility index (Phi) is 5.94. The van der Waals surface area contributed by atoms with Crippen molar-refractivity contribution in [3.05, 3.63) is 72.2 Å². The highest BCUT2D eigenvalue weighted by Crippen LogP contribution is 2.32. The van der Waals surface area contributed by atoms with Gasteiger partial charge in [-0.2, -0.15) is 10.4 Å². The van der Waals surface area contributed by atoms with E-state index in [1.165, 1.54) is 12.3 Å². The molecule has 10 heteroatoms. The number of aromatic nitrogens is 3. The third-order valence-corrected chi connectivity index (χ3v) is 5.72. The van der Waals surface area contributed by atoms with Gasteiger partial charge < -0.3 is 19.5 Å². The number of ether oxygens (including phenoxy) is 2. The van der Waals surface area contributed by atoms with E-state index >= 15 is 0 Å². The van der Waals surface area contributed by atoms with Crippen molar-refractivity contribution < 1.29 is 23.4 Å². The monoisotopic (exact) mass is 491 g/mol. The van der Waals surface area contributed by atoms with Crippen molar-refractivity contribution in [2.45, 2.75) is 25.6 Å². The summed E-state index contributed by atoms with van der Waals surface area (Å²) in [5.41, 5.74) is 1.53. The van der Waals surface area contributed by atoms with E-state index in [0.29, 0.717) is 29.9 Å². The van der Waals surface area contributed by atoms with Gasteiger partial charge in [0.25, 0.3) is 0 Å². The Morgan fingerprint density at radius 1 is 1.11 bits per heavy atom. The van der Waals surface area contributed by atoms with Gasteiger partial charge in [-0.1, -0.05) is 0 Å². The highest BCUT2D eigenvalue weighted by atomic mass is 19.2. The first-order chi connectivity index (χ1) is 17.2. The molecule has 0 unspecified atom stereocenters. The van der Waals surface area contributed by atoms with E-state index in [4.69, 9.17) is 9.47 Å². The van der Waals surface area contributed by atoms with Gasteiger partial charge in [-0.25, -0.2) is 18.3 Å². The van der Waals surface area contributed by atoms with Crippen LogP contribution in [0.3, 0.4) is 0 Å². The van der Waals surface area contributed by atoms with Gasteiger partial charge in [-0.05, 0) is 44.2 Å². The van der Waals surface area contributed by atoms with Crippen molar-refractivity contribution in [3.8, 4) is 28.7 Å². The topological polar surface area (TPSA) is 95.9 Å². The smallest absolute Gasteiger partial charge is 0.162 e. The molecule has 1 aromatic carbocycles. The quantitative estimate of drug-likeness (QED) is 0.418. The third-order valence-electron chi connectivity index (χ3n) is 5.72. The molecule has 184 valence electrons. The highest BCUT2D eigenvalue weighted by Gasteiger charge is 2.30. The Morgan fingerprint density at radius 2 is 1.92 bits per heavy atom. The minimum atomic E-state index is -1.01. The maximum absolute atomic E-state index is 13.4. The van der Waals surface area contributed by atoms with Gasteiger partial charge >= 0.3 is 0 Å². The minimum Gasteiger partial charge on any atom is -0.489 e. The number of nitriles is 1. The van der Waals surface area contributed by atoms with Crippen molar-refractivity contribution in [2.24, 2.45) is 0 Å². The molecule has 8 nitrogen and oxygen atoms in total. The van der Waals surface area contributed by atoms with Crippen LogP contribution in [0, 0.1) is 23.0 Å². The number of aliphatic hydroxyl groups is 1. The van der Waals surface area contributed by atoms with Gasteiger partial charge in [-0.15, -0.1) is 0 Å². The molecule has 0 amide bonds. The summed E-state index contributed by atoms with van der Waals surface area (Å²) in [5, 5.41) is 23.8. The number of fused-ring (bicyclic) bond motifs is 1. The minimum absolute atomic E-state index is 0.0876. The molecular formula is C26H23F2N5O3. The van der Waals surface area contributed by atoms with Crippen LogP contribution < -0.4 is 14.4 Å². The van der Waals surface area contributed by atoms with Crippen LogP contribution in [0.2, 0.25) is 0 Å². The summed E-state index contributed by atoms with van der Waals surface area (Å²) in [6.07, 6.45) is 4.71. The van der Waals surface area contributed by atoms with Gasteiger partial charge in [0.1, 0.15) is 36.1 Å². The lowest BCUT2D eigenvalue weighted by Crippen LogP contribution is -2.54. The Labute approximate surface area is 205 Å². The summed E-state index contributed by atoms with van der Waals surface area (Å²) in [6.45, 7) is 4.50. The molecule has 5 rings (SSSR count). The Balaban J connectivity index is 1.33. The van der Waals surface area contributed by atoms with Gasteiger partial charge in [0.05, 0.1) is 42.2 Å². The summed E-state index contributed by atoms with van der Waals surface area (Å²) >= 11 is 0. The molecular weight excluding hydrogens is 468 g/mol. The van der Waals surface area contributed by atoms with E-state index in [1.807, 2.05) is 17.0 Å². The summed E-state index contributed by atoms with van der Waals surface area (Å²) < 4.78 is 39.6. The largest absolute Gasteiger partial charge is 0.489 e. The Bertz CT molecular complexity index is 1450. The maximum Gasteiger partial charge on any atom is 0.162 e. The Hall–Kier alpha value is -4.23. The lowest BCUT2D eigenvalue weighted by atomic mass is 10.0. The maximum atomic E-state index is 13.4. The normalized spacial score (nSPS) is 13.9. The van der Waals surface area contributed by atoms with Crippen molar-refractivity contribution >= 4 is 11.3 Å². The van der Waals surface area contributed by atoms with Crippen LogP contribution in [-0.2, 0) is 0 Å². The highest BCUT2D eigenvalue weighted by molar-refractivity contribution is 5.85. The van der Waals surface area contributed by atoms with Gasteiger partial charge in [-0.3, -0.25) is 0 Å². The average molecular weight is 491 g/mol. The van der Waals surface area contributed by atoms with Crippen LogP contribution in [0.4, 0.5) is 14.6 Å². The van der Waals surface area contributed by atoms with Crippen molar-refractivity contribution in [1.82, 2.24) is 14.6 Å². The van der Waals surface area contributed by atoms with Crippen molar-refractivity contribution in [3.63, 3.8) is 0 Å². The fourth-order valence-corrected chi connectivity index (χ4v) is 3.91. The molecule has 0 atom stereocenters. The molecule has 0 bridgehead atoms. The van der Waals surface area contributed by atoms with Crippen LogP contribution in [0.5, 0.6) is 11.5 Å². The van der Waals surface area contributed by atoms with E-state index in [9.17, 15) is 19.1 Å². The number of hydrogen-bond donors (Lipinski definition) is 1. The number of hydrogen-bond acceptors (Lipinski definition) is 7. The SMILES string of the molecule is CC(C)(O)COc1cc(-c2ccc(N3CC(Oc4ccc(F)c(F)c4)C3)nc2)c2c(C#N)cnn2c1. The molecule has 1 N–H and O–H groups in total. The number of nitrogens with zero attached hydrogens (tertiary/aromatic N) is 5. The van der Waals surface area contributed by atoms with Gasteiger partial charge in [0.15, 0.2) is 11.6 Å². The average Bonchev–Trinajstić information content (AvgIpc) is 3.24. The zero-order chi connectivity index (χ0) is 25.4. The van der Waals surface area contributed by atoms with Crippen LogP contribution in [0.15, 0.2) is 55.0 Å². The number of halogens is 2. The van der Waals surface area contributed by atoms with E-state index in [0.717, 1.165) is 29.1 Å². The second kappa shape index (κ2) is 9.09.